The first kappa shape index (κ1) is 13.7. The maximum absolute atomic E-state index is 10.7. The van der Waals surface area contributed by atoms with Gasteiger partial charge in [0.2, 0.25) is 0 Å². The van der Waals surface area contributed by atoms with Gasteiger partial charge in [-0.25, -0.2) is 0 Å². The van der Waals surface area contributed by atoms with Gasteiger partial charge in [-0.3, -0.25) is 4.79 Å². The van der Waals surface area contributed by atoms with Gasteiger partial charge in [0.15, 0.2) is 0 Å². The molecular formula is C14H21NO2. The van der Waals surface area contributed by atoms with Crippen LogP contribution in [-0.2, 0) is 17.8 Å². The molecule has 0 radical (unpaired) electrons. The predicted octanol–water partition coefficient (Wildman–Crippen LogP) is 2.59. The van der Waals surface area contributed by atoms with Crippen molar-refractivity contribution in [3.8, 4) is 0 Å². The van der Waals surface area contributed by atoms with Crippen LogP contribution in [0.1, 0.15) is 37.8 Å². The number of nitrogens with one attached hydrogen (secondary N) is 1. The van der Waals surface area contributed by atoms with Gasteiger partial charge in [0.1, 0.15) is 0 Å². The van der Waals surface area contributed by atoms with Crippen molar-refractivity contribution in [2.45, 2.75) is 45.7 Å². The zero-order chi connectivity index (χ0) is 12.7. The first-order chi connectivity index (χ1) is 8.13. The monoisotopic (exact) mass is 235 g/mol. The zero-order valence-electron chi connectivity index (χ0n) is 10.6. The molecule has 3 nitrogen and oxygen atoms in total. The molecule has 0 saturated carbocycles. The molecule has 1 atom stereocenters. The number of benzene rings is 1. The molecule has 94 valence electrons. The number of hydrogen-bond donors (Lipinski definition) is 2. The molecule has 0 aromatic heterocycles. The highest BCUT2D eigenvalue weighted by molar-refractivity contribution is 5.70. The summed E-state index contributed by atoms with van der Waals surface area (Å²) < 4.78 is 0. The highest BCUT2D eigenvalue weighted by Gasteiger charge is 2.07. The van der Waals surface area contributed by atoms with Crippen molar-refractivity contribution in [2.75, 3.05) is 0 Å². The van der Waals surface area contributed by atoms with Crippen molar-refractivity contribution in [3.05, 3.63) is 35.4 Å². The smallest absolute Gasteiger partial charge is 0.307 e. The molecule has 0 saturated heterocycles. The van der Waals surface area contributed by atoms with Crippen LogP contribution in [0.4, 0.5) is 0 Å². The summed E-state index contributed by atoms with van der Waals surface area (Å²) in [6.45, 7) is 5.06. The van der Waals surface area contributed by atoms with Gasteiger partial charge in [-0.05, 0) is 24.5 Å². The second kappa shape index (κ2) is 7.07. The van der Waals surface area contributed by atoms with Gasteiger partial charge in [-0.2, -0.15) is 0 Å². The third-order valence-electron chi connectivity index (χ3n) is 2.82. The fraction of sp³-hybridized carbons (Fsp3) is 0.500. The Balaban J connectivity index is 2.60. The maximum Gasteiger partial charge on any atom is 0.307 e. The maximum atomic E-state index is 10.7. The van der Waals surface area contributed by atoms with E-state index in [1.165, 1.54) is 0 Å². The molecule has 0 aliphatic carbocycles. The third kappa shape index (κ3) is 5.00. The van der Waals surface area contributed by atoms with Gasteiger partial charge in [0.25, 0.3) is 0 Å². The molecular weight excluding hydrogens is 214 g/mol. The minimum Gasteiger partial charge on any atom is -0.481 e. The van der Waals surface area contributed by atoms with Crippen LogP contribution in [0.5, 0.6) is 0 Å². The standard InChI is InChI=1S/C14H21NO2/c1-3-6-11(2)15-10-13-8-5-4-7-12(13)9-14(16)17/h4-5,7-8,11,15H,3,6,9-10H2,1-2H3,(H,16,17). The Kier molecular flexibility index (Phi) is 5.70. The molecule has 0 aliphatic heterocycles. The lowest BCUT2D eigenvalue weighted by atomic mass is 10.0. The average molecular weight is 235 g/mol. The van der Waals surface area contributed by atoms with Crippen molar-refractivity contribution < 1.29 is 9.90 Å². The molecule has 0 aliphatic rings. The molecule has 0 heterocycles. The summed E-state index contributed by atoms with van der Waals surface area (Å²) in [5, 5.41) is 12.3. The number of carbonyl (C=O) groups is 1. The average Bonchev–Trinajstić information content (AvgIpc) is 2.27. The molecule has 1 rings (SSSR count). The molecule has 3 heteroatoms. The van der Waals surface area contributed by atoms with E-state index < -0.39 is 5.97 Å². The molecule has 17 heavy (non-hydrogen) atoms. The van der Waals surface area contributed by atoms with E-state index in [1.807, 2.05) is 24.3 Å². The summed E-state index contributed by atoms with van der Waals surface area (Å²) in [6.07, 6.45) is 2.39. The molecule has 0 spiro atoms. The first-order valence-corrected chi connectivity index (χ1v) is 6.15. The van der Waals surface area contributed by atoms with E-state index in [0.717, 1.165) is 30.5 Å². The van der Waals surface area contributed by atoms with Crippen LogP contribution in [0.25, 0.3) is 0 Å². The number of carboxylic acids is 1. The lowest BCUT2D eigenvalue weighted by Crippen LogP contribution is -2.25. The molecule has 2 N–H and O–H groups in total. The van der Waals surface area contributed by atoms with E-state index in [9.17, 15) is 4.79 Å². The van der Waals surface area contributed by atoms with Crippen LogP contribution in [0, 0.1) is 0 Å². The Morgan fingerprint density at radius 2 is 2.00 bits per heavy atom. The van der Waals surface area contributed by atoms with E-state index in [4.69, 9.17) is 5.11 Å². The second-order valence-corrected chi connectivity index (χ2v) is 4.41. The summed E-state index contributed by atoms with van der Waals surface area (Å²) in [4.78, 5) is 10.7. The molecule has 1 aromatic carbocycles. The summed E-state index contributed by atoms with van der Waals surface area (Å²) in [5.74, 6) is -0.779. The Labute approximate surface area is 103 Å². The van der Waals surface area contributed by atoms with E-state index in [1.54, 1.807) is 0 Å². The third-order valence-corrected chi connectivity index (χ3v) is 2.82. The SMILES string of the molecule is CCCC(C)NCc1ccccc1CC(=O)O. The van der Waals surface area contributed by atoms with Crippen LogP contribution in [0.2, 0.25) is 0 Å². The van der Waals surface area contributed by atoms with Gasteiger partial charge in [-0.1, -0.05) is 37.6 Å². The van der Waals surface area contributed by atoms with E-state index >= 15 is 0 Å². The Morgan fingerprint density at radius 3 is 2.59 bits per heavy atom. The van der Waals surface area contributed by atoms with Crippen LogP contribution < -0.4 is 5.32 Å². The van der Waals surface area contributed by atoms with Crippen molar-refractivity contribution in [1.29, 1.82) is 0 Å². The quantitative estimate of drug-likeness (QED) is 0.763. The largest absolute Gasteiger partial charge is 0.481 e. The predicted molar refractivity (Wildman–Crippen MR) is 69.0 cm³/mol. The fourth-order valence-electron chi connectivity index (χ4n) is 1.88. The van der Waals surface area contributed by atoms with Crippen molar-refractivity contribution in [2.24, 2.45) is 0 Å². The highest BCUT2D eigenvalue weighted by atomic mass is 16.4. The Hall–Kier alpha value is -1.35. The number of rotatable bonds is 7. The number of hydrogen-bond acceptors (Lipinski definition) is 2. The number of carboxylic acid groups (broad SMARTS) is 1. The summed E-state index contributed by atoms with van der Waals surface area (Å²) in [5.41, 5.74) is 1.98. The van der Waals surface area contributed by atoms with Crippen molar-refractivity contribution in [1.82, 2.24) is 5.32 Å². The van der Waals surface area contributed by atoms with Gasteiger partial charge >= 0.3 is 5.97 Å². The fourth-order valence-corrected chi connectivity index (χ4v) is 1.88. The zero-order valence-corrected chi connectivity index (χ0v) is 10.6. The molecule has 1 aromatic rings. The topological polar surface area (TPSA) is 49.3 Å². The number of aliphatic carboxylic acids is 1. The van der Waals surface area contributed by atoms with Crippen molar-refractivity contribution >= 4 is 5.97 Å². The minimum atomic E-state index is -0.779. The van der Waals surface area contributed by atoms with Crippen LogP contribution in [-0.4, -0.2) is 17.1 Å². The lowest BCUT2D eigenvalue weighted by molar-refractivity contribution is -0.136. The van der Waals surface area contributed by atoms with Crippen LogP contribution in [0.15, 0.2) is 24.3 Å². The van der Waals surface area contributed by atoms with E-state index in [-0.39, 0.29) is 6.42 Å². The first-order valence-electron chi connectivity index (χ1n) is 6.15. The summed E-state index contributed by atoms with van der Waals surface area (Å²) in [7, 11) is 0. The summed E-state index contributed by atoms with van der Waals surface area (Å²) in [6, 6.07) is 8.18. The minimum absolute atomic E-state index is 0.0972. The van der Waals surface area contributed by atoms with Crippen LogP contribution in [0.3, 0.4) is 0 Å². The van der Waals surface area contributed by atoms with Crippen molar-refractivity contribution in [3.63, 3.8) is 0 Å². The normalized spacial score (nSPS) is 12.4. The highest BCUT2D eigenvalue weighted by Crippen LogP contribution is 2.10. The Bertz CT molecular complexity index is 363. The molecule has 0 fully saturated rings. The van der Waals surface area contributed by atoms with Crippen LogP contribution >= 0.6 is 0 Å². The lowest BCUT2D eigenvalue weighted by Gasteiger charge is -2.14. The van der Waals surface area contributed by atoms with E-state index in [0.29, 0.717) is 6.04 Å². The van der Waals surface area contributed by atoms with E-state index in [2.05, 4.69) is 19.2 Å². The van der Waals surface area contributed by atoms with Gasteiger partial charge < -0.3 is 10.4 Å². The van der Waals surface area contributed by atoms with Gasteiger partial charge in [-0.15, -0.1) is 0 Å². The molecule has 0 amide bonds. The Morgan fingerprint density at radius 1 is 1.35 bits per heavy atom. The van der Waals surface area contributed by atoms with Gasteiger partial charge in [0, 0.05) is 12.6 Å². The summed E-state index contributed by atoms with van der Waals surface area (Å²) >= 11 is 0. The second-order valence-electron chi connectivity index (χ2n) is 4.41. The molecule has 0 bridgehead atoms. The van der Waals surface area contributed by atoms with Gasteiger partial charge in [0.05, 0.1) is 6.42 Å². The molecule has 1 unspecified atom stereocenters.